The molecular formula is C14H15ClN4O2S2. The molecule has 2 rings (SSSR count). The largest absolute Gasteiger partial charge is 0.493 e. The fourth-order valence-corrected chi connectivity index (χ4v) is 3.37. The molecule has 2 aromatic rings. The molecule has 0 aliphatic rings. The van der Waals surface area contributed by atoms with E-state index in [0.717, 1.165) is 9.35 Å². The van der Waals surface area contributed by atoms with Crippen LogP contribution in [0.1, 0.15) is 17.5 Å². The molecular weight excluding hydrogens is 356 g/mol. The summed E-state index contributed by atoms with van der Waals surface area (Å²) in [5.74, 6) is 0.660. The van der Waals surface area contributed by atoms with Gasteiger partial charge in [0.15, 0.2) is 4.34 Å². The van der Waals surface area contributed by atoms with Crippen LogP contribution in [-0.2, 0) is 4.79 Å². The predicted octanol–water partition coefficient (Wildman–Crippen LogP) is 3.14. The number of hydrogen-bond acceptors (Lipinski definition) is 7. The molecule has 122 valence electrons. The van der Waals surface area contributed by atoms with Crippen LogP contribution in [0.2, 0.25) is 5.02 Å². The molecule has 0 fully saturated rings. The zero-order chi connectivity index (χ0) is 16.7. The molecule has 0 saturated heterocycles. The van der Waals surface area contributed by atoms with Gasteiger partial charge in [0.05, 0.1) is 18.6 Å². The number of benzene rings is 1. The van der Waals surface area contributed by atoms with E-state index in [9.17, 15) is 4.79 Å². The molecule has 0 bridgehead atoms. The lowest BCUT2D eigenvalue weighted by atomic mass is 10.2. The highest BCUT2D eigenvalue weighted by molar-refractivity contribution is 8.01. The van der Waals surface area contributed by atoms with Gasteiger partial charge in [-0.2, -0.15) is 5.10 Å². The van der Waals surface area contributed by atoms with Crippen molar-refractivity contribution < 1.29 is 9.53 Å². The Bertz CT molecular complexity index is 706. The molecule has 1 aromatic carbocycles. The summed E-state index contributed by atoms with van der Waals surface area (Å²) in [6.45, 7) is 4.30. The van der Waals surface area contributed by atoms with Crippen molar-refractivity contribution in [1.29, 1.82) is 0 Å². The third-order valence-corrected chi connectivity index (χ3v) is 4.71. The van der Waals surface area contributed by atoms with Crippen molar-refractivity contribution >= 4 is 46.8 Å². The maximum absolute atomic E-state index is 11.7. The van der Waals surface area contributed by atoms with Gasteiger partial charge in [-0.1, -0.05) is 34.7 Å². The number of thioether (sulfide) groups is 1. The van der Waals surface area contributed by atoms with Crippen LogP contribution in [0.5, 0.6) is 5.75 Å². The van der Waals surface area contributed by atoms with Crippen molar-refractivity contribution in [3.05, 3.63) is 33.8 Å². The van der Waals surface area contributed by atoms with Gasteiger partial charge in [-0.15, -0.1) is 10.2 Å². The number of ether oxygens (including phenoxy) is 1. The van der Waals surface area contributed by atoms with E-state index >= 15 is 0 Å². The maximum Gasteiger partial charge on any atom is 0.250 e. The minimum absolute atomic E-state index is 0.222. The molecule has 0 atom stereocenters. The first-order valence-electron chi connectivity index (χ1n) is 6.75. The van der Waals surface area contributed by atoms with E-state index in [2.05, 4.69) is 20.7 Å². The lowest BCUT2D eigenvalue weighted by Gasteiger charge is -2.06. The quantitative estimate of drug-likeness (QED) is 0.460. The van der Waals surface area contributed by atoms with Crippen LogP contribution in [0.15, 0.2) is 27.6 Å². The molecule has 0 radical (unpaired) electrons. The highest BCUT2D eigenvalue weighted by atomic mass is 35.5. The zero-order valence-electron chi connectivity index (χ0n) is 12.6. The number of aryl methyl sites for hydroxylation is 1. The Hall–Kier alpha value is -1.64. The average Bonchev–Trinajstić information content (AvgIpc) is 2.93. The summed E-state index contributed by atoms with van der Waals surface area (Å²) < 4.78 is 6.24. The molecule has 1 amide bonds. The fraction of sp³-hybridized carbons (Fsp3) is 0.286. The Balaban J connectivity index is 1.88. The van der Waals surface area contributed by atoms with Crippen LogP contribution in [0.4, 0.5) is 0 Å². The highest BCUT2D eigenvalue weighted by Crippen LogP contribution is 2.22. The van der Waals surface area contributed by atoms with E-state index in [1.807, 2.05) is 13.8 Å². The standard InChI is InChI=1S/C14H15ClN4O2S2/c1-3-21-12-5-4-11(15)6-10(12)7-16-18-13(20)8-22-14-19-17-9(2)23-14/h4-7H,3,8H2,1-2H3,(H,18,20). The number of rotatable bonds is 7. The number of hydrogen-bond donors (Lipinski definition) is 1. The fourth-order valence-electron chi connectivity index (χ4n) is 1.58. The number of carbonyl (C=O) groups excluding carboxylic acids is 1. The van der Waals surface area contributed by atoms with Crippen molar-refractivity contribution in [2.75, 3.05) is 12.4 Å². The molecule has 0 saturated carbocycles. The second-order valence-corrected chi connectivity index (χ2v) is 7.12. The van der Waals surface area contributed by atoms with Crippen molar-refractivity contribution in [1.82, 2.24) is 15.6 Å². The third-order valence-electron chi connectivity index (χ3n) is 2.50. The Kier molecular flexibility index (Phi) is 6.82. The Morgan fingerprint density at radius 3 is 3.04 bits per heavy atom. The van der Waals surface area contributed by atoms with Crippen LogP contribution >= 0.6 is 34.7 Å². The molecule has 23 heavy (non-hydrogen) atoms. The molecule has 0 aliphatic heterocycles. The van der Waals surface area contributed by atoms with Crippen molar-refractivity contribution in [2.45, 2.75) is 18.2 Å². The zero-order valence-corrected chi connectivity index (χ0v) is 15.0. The van der Waals surface area contributed by atoms with Crippen molar-refractivity contribution in [2.24, 2.45) is 5.10 Å². The Labute approximate surface area is 147 Å². The van der Waals surface area contributed by atoms with Gasteiger partial charge in [-0.05, 0) is 32.0 Å². The van der Waals surface area contributed by atoms with Crippen molar-refractivity contribution in [3.8, 4) is 5.75 Å². The van der Waals surface area contributed by atoms with E-state index in [4.69, 9.17) is 16.3 Å². The molecule has 6 nitrogen and oxygen atoms in total. The number of nitrogens with one attached hydrogen (secondary N) is 1. The molecule has 1 aromatic heterocycles. The van der Waals surface area contributed by atoms with Gasteiger partial charge in [-0.3, -0.25) is 4.79 Å². The molecule has 9 heteroatoms. The summed E-state index contributed by atoms with van der Waals surface area (Å²) in [6.07, 6.45) is 1.51. The van der Waals surface area contributed by atoms with Crippen LogP contribution in [0.25, 0.3) is 0 Å². The first-order valence-corrected chi connectivity index (χ1v) is 8.93. The molecule has 0 aliphatic carbocycles. The summed E-state index contributed by atoms with van der Waals surface area (Å²) in [7, 11) is 0. The molecule has 1 N–H and O–H groups in total. The topological polar surface area (TPSA) is 76.5 Å². The van der Waals surface area contributed by atoms with Crippen LogP contribution < -0.4 is 10.2 Å². The van der Waals surface area contributed by atoms with Crippen LogP contribution in [-0.4, -0.2) is 34.7 Å². The Morgan fingerprint density at radius 2 is 2.35 bits per heavy atom. The summed E-state index contributed by atoms with van der Waals surface area (Å²) in [4.78, 5) is 11.7. The third kappa shape index (κ3) is 5.81. The smallest absolute Gasteiger partial charge is 0.250 e. The molecule has 0 spiro atoms. The second kappa shape index (κ2) is 8.85. The average molecular weight is 371 g/mol. The van der Waals surface area contributed by atoms with Gasteiger partial charge >= 0.3 is 0 Å². The van der Waals surface area contributed by atoms with Gasteiger partial charge in [0.25, 0.3) is 5.91 Å². The predicted molar refractivity (Wildman–Crippen MR) is 93.7 cm³/mol. The van der Waals surface area contributed by atoms with Gasteiger partial charge in [-0.25, -0.2) is 5.43 Å². The monoisotopic (exact) mass is 370 g/mol. The molecule has 1 heterocycles. The van der Waals surface area contributed by atoms with E-state index in [0.29, 0.717) is 22.9 Å². The van der Waals surface area contributed by atoms with E-state index in [-0.39, 0.29) is 11.7 Å². The van der Waals surface area contributed by atoms with E-state index in [1.54, 1.807) is 18.2 Å². The summed E-state index contributed by atoms with van der Waals surface area (Å²) in [6, 6.07) is 5.23. The van der Waals surface area contributed by atoms with Gasteiger partial charge in [0, 0.05) is 10.6 Å². The number of amides is 1. The number of aromatic nitrogens is 2. The summed E-state index contributed by atoms with van der Waals surface area (Å²) in [5.41, 5.74) is 3.17. The Morgan fingerprint density at radius 1 is 1.52 bits per heavy atom. The normalized spacial score (nSPS) is 10.9. The lowest BCUT2D eigenvalue weighted by Crippen LogP contribution is -2.19. The number of carbonyl (C=O) groups is 1. The van der Waals surface area contributed by atoms with Gasteiger partial charge in [0.2, 0.25) is 0 Å². The summed E-state index contributed by atoms with van der Waals surface area (Å²) in [5, 5.41) is 13.2. The SMILES string of the molecule is CCOc1ccc(Cl)cc1C=NNC(=O)CSc1nnc(C)s1. The maximum atomic E-state index is 11.7. The van der Waals surface area contributed by atoms with Crippen LogP contribution in [0, 0.1) is 6.92 Å². The number of hydrazone groups is 1. The molecule has 0 unspecified atom stereocenters. The van der Waals surface area contributed by atoms with Gasteiger partial charge in [0.1, 0.15) is 10.8 Å². The number of nitrogens with zero attached hydrogens (tertiary/aromatic N) is 3. The lowest BCUT2D eigenvalue weighted by molar-refractivity contribution is -0.118. The summed E-state index contributed by atoms with van der Waals surface area (Å²) >= 11 is 8.73. The van der Waals surface area contributed by atoms with E-state index in [1.165, 1.54) is 29.3 Å². The number of halogens is 1. The van der Waals surface area contributed by atoms with Crippen molar-refractivity contribution in [3.63, 3.8) is 0 Å². The van der Waals surface area contributed by atoms with Gasteiger partial charge < -0.3 is 4.74 Å². The minimum Gasteiger partial charge on any atom is -0.493 e. The first-order chi connectivity index (χ1) is 11.1. The van der Waals surface area contributed by atoms with Crippen LogP contribution in [0.3, 0.4) is 0 Å². The highest BCUT2D eigenvalue weighted by Gasteiger charge is 2.06. The minimum atomic E-state index is -0.223. The second-order valence-electron chi connectivity index (χ2n) is 4.28. The van der Waals surface area contributed by atoms with E-state index < -0.39 is 0 Å². The first kappa shape index (κ1) is 17.7.